The van der Waals surface area contributed by atoms with Gasteiger partial charge in [-0.05, 0) is 38.5 Å². The molecule has 64 heavy (non-hydrogen) atoms. The average Bonchev–Trinajstić information content (AvgIpc) is 3.28. The fourth-order valence-corrected chi connectivity index (χ4v) is 9.14. The summed E-state index contributed by atoms with van der Waals surface area (Å²) in [5.74, 6) is -1.10. The number of carbonyl (C=O) groups excluding carboxylic acids is 2. The Morgan fingerprint density at radius 2 is 0.797 bits per heavy atom. The maximum atomic E-state index is 12.8. The van der Waals surface area contributed by atoms with E-state index in [0.717, 1.165) is 44.9 Å². The molecule has 1 saturated carbocycles. The summed E-state index contributed by atoms with van der Waals surface area (Å²) < 4.78 is 33.6. The minimum absolute atomic E-state index is 0.100. The van der Waals surface area contributed by atoms with E-state index < -0.39 is 75.7 Å². The number of phosphoric acid groups is 1. The van der Waals surface area contributed by atoms with Crippen molar-refractivity contribution in [2.75, 3.05) is 13.2 Å². The topological polar surface area (TPSA) is 210 Å². The van der Waals surface area contributed by atoms with Crippen LogP contribution in [-0.4, -0.2) is 98.3 Å². The predicted molar refractivity (Wildman–Crippen MR) is 254 cm³/mol. The molecule has 8 atom stereocenters. The second-order valence-electron chi connectivity index (χ2n) is 18.4. The van der Waals surface area contributed by atoms with Crippen molar-refractivity contribution in [3.05, 3.63) is 12.2 Å². The molecule has 0 aromatic carbocycles. The number of hydrogen-bond acceptors (Lipinski definition) is 12. The lowest BCUT2D eigenvalue weighted by atomic mass is 9.85. The first-order valence-electron chi connectivity index (χ1n) is 26.0. The van der Waals surface area contributed by atoms with Crippen LogP contribution in [0.4, 0.5) is 0 Å². The van der Waals surface area contributed by atoms with E-state index in [-0.39, 0.29) is 12.8 Å². The number of phosphoric ester groups is 1. The van der Waals surface area contributed by atoms with Crippen molar-refractivity contribution in [3.8, 4) is 0 Å². The molecule has 6 unspecified atom stereocenters. The van der Waals surface area contributed by atoms with E-state index in [1.165, 1.54) is 154 Å². The van der Waals surface area contributed by atoms with Crippen molar-refractivity contribution >= 4 is 19.8 Å². The molecule has 1 rings (SSSR count). The third kappa shape index (κ3) is 32.3. The Morgan fingerprint density at radius 1 is 0.469 bits per heavy atom. The zero-order valence-corrected chi connectivity index (χ0v) is 41.2. The highest BCUT2D eigenvalue weighted by Crippen LogP contribution is 2.47. The molecule has 0 heterocycles. The van der Waals surface area contributed by atoms with E-state index in [9.17, 15) is 44.6 Å². The molecule has 0 radical (unpaired) electrons. The average molecular weight is 935 g/mol. The monoisotopic (exact) mass is 935 g/mol. The normalized spacial score (nSPS) is 21.6. The Kier molecular flexibility index (Phi) is 38.5. The van der Waals surface area contributed by atoms with Crippen LogP contribution in [-0.2, 0) is 32.7 Å². The fourth-order valence-electron chi connectivity index (χ4n) is 8.17. The first kappa shape index (κ1) is 60.6. The molecule has 14 heteroatoms. The van der Waals surface area contributed by atoms with E-state index in [2.05, 4.69) is 26.0 Å². The van der Waals surface area contributed by atoms with Gasteiger partial charge in [0.05, 0.1) is 6.61 Å². The largest absolute Gasteiger partial charge is 0.472 e. The summed E-state index contributed by atoms with van der Waals surface area (Å²) in [6.07, 6.45) is 31.2. The van der Waals surface area contributed by atoms with Gasteiger partial charge in [0.15, 0.2) is 6.10 Å². The van der Waals surface area contributed by atoms with Crippen LogP contribution in [0.25, 0.3) is 0 Å². The van der Waals surface area contributed by atoms with E-state index in [1.807, 2.05) is 0 Å². The summed E-state index contributed by atoms with van der Waals surface area (Å²) in [5, 5.41) is 50.2. The second-order valence-corrected chi connectivity index (χ2v) is 19.8. The van der Waals surface area contributed by atoms with Crippen LogP contribution < -0.4 is 0 Å². The molecule has 1 aliphatic rings. The molecule has 378 valence electrons. The molecule has 0 bridgehead atoms. The van der Waals surface area contributed by atoms with Crippen LogP contribution in [0.15, 0.2) is 12.2 Å². The van der Waals surface area contributed by atoms with E-state index in [1.54, 1.807) is 0 Å². The molecule has 0 spiro atoms. The number of allylic oxidation sites excluding steroid dienone is 2. The molecular weight excluding hydrogens is 840 g/mol. The number of ether oxygens (including phenoxy) is 2. The maximum absolute atomic E-state index is 12.8. The smallest absolute Gasteiger partial charge is 0.462 e. The number of hydrogen-bond donors (Lipinski definition) is 6. The van der Waals surface area contributed by atoms with Gasteiger partial charge in [0.2, 0.25) is 0 Å². The van der Waals surface area contributed by atoms with Crippen LogP contribution in [0.5, 0.6) is 0 Å². The number of aliphatic hydroxyl groups excluding tert-OH is 5. The van der Waals surface area contributed by atoms with Crippen molar-refractivity contribution in [1.29, 1.82) is 0 Å². The number of rotatable bonds is 44. The van der Waals surface area contributed by atoms with Gasteiger partial charge in [0, 0.05) is 12.8 Å². The Hall–Kier alpha value is -1.41. The Bertz CT molecular complexity index is 1170. The Morgan fingerprint density at radius 3 is 1.20 bits per heavy atom. The number of unbranched alkanes of at least 4 members (excludes halogenated alkanes) is 30. The number of aliphatic hydroxyl groups is 5. The molecular formula is C50H95O13P. The van der Waals surface area contributed by atoms with Gasteiger partial charge < -0.3 is 39.9 Å². The standard InChI is InChI=1S/C50H95O13P/c1-3-5-7-9-11-13-15-17-19-20-21-22-23-25-27-29-31-33-35-37-39-44(52)62-42(41-61-64(58,59)63-50-48(56)46(54)45(53)47(55)49(50)57)40-60-43(51)38-36-34-32-30-28-26-24-18-16-14-12-10-8-6-4-2/h26,28,42,45-50,53-57H,3-25,27,29-41H2,1-2H3,(H,58,59)/b28-26+/t42-,45?,46-,47?,48?,49?,50?/m1/s1. The molecule has 0 saturated heterocycles. The summed E-state index contributed by atoms with van der Waals surface area (Å²) in [5.41, 5.74) is 0. The molecule has 0 aliphatic heterocycles. The van der Waals surface area contributed by atoms with Crippen molar-refractivity contribution < 1.29 is 63.1 Å². The van der Waals surface area contributed by atoms with Gasteiger partial charge in [-0.2, -0.15) is 0 Å². The lowest BCUT2D eigenvalue weighted by Gasteiger charge is -2.41. The highest BCUT2D eigenvalue weighted by atomic mass is 31.2. The zero-order chi connectivity index (χ0) is 47.1. The summed E-state index contributed by atoms with van der Waals surface area (Å²) in [7, 11) is -5.12. The highest BCUT2D eigenvalue weighted by molar-refractivity contribution is 7.47. The van der Waals surface area contributed by atoms with Crippen LogP contribution in [0.1, 0.15) is 239 Å². The quantitative estimate of drug-likeness (QED) is 0.0146. The minimum Gasteiger partial charge on any atom is -0.462 e. The molecule has 6 N–H and O–H groups in total. The van der Waals surface area contributed by atoms with Crippen LogP contribution in [0.2, 0.25) is 0 Å². The highest BCUT2D eigenvalue weighted by Gasteiger charge is 2.51. The lowest BCUT2D eigenvalue weighted by molar-refractivity contribution is -0.220. The van der Waals surface area contributed by atoms with Crippen molar-refractivity contribution in [2.45, 2.75) is 281 Å². The van der Waals surface area contributed by atoms with Gasteiger partial charge in [-0.1, -0.05) is 199 Å². The zero-order valence-electron chi connectivity index (χ0n) is 40.3. The molecule has 0 aromatic heterocycles. The van der Waals surface area contributed by atoms with Gasteiger partial charge in [0.1, 0.15) is 43.2 Å². The van der Waals surface area contributed by atoms with Crippen LogP contribution in [0.3, 0.4) is 0 Å². The van der Waals surface area contributed by atoms with Gasteiger partial charge in [-0.15, -0.1) is 0 Å². The number of esters is 2. The third-order valence-electron chi connectivity index (χ3n) is 12.4. The minimum atomic E-state index is -5.12. The summed E-state index contributed by atoms with van der Waals surface area (Å²) in [6.45, 7) is 3.33. The maximum Gasteiger partial charge on any atom is 0.472 e. The van der Waals surface area contributed by atoms with Gasteiger partial charge in [-0.25, -0.2) is 4.57 Å². The van der Waals surface area contributed by atoms with Crippen LogP contribution >= 0.6 is 7.82 Å². The second kappa shape index (κ2) is 40.6. The SMILES string of the molecule is CCCCCCCCCC/C=C/CCCCCC(=O)OC[C@H](COP(=O)(O)OC1C(O)C(O)C(O)[C@@H](O)C1O)OC(=O)CCCCCCCCCCCCCCCCCCCCCC. The van der Waals surface area contributed by atoms with Crippen molar-refractivity contribution in [2.24, 2.45) is 0 Å². The molecule has 0 aromatic rings. The molecule has 13 nitrogen and oxygen atoms in total. The van der Waals surface area contributed by atoms with Crippen LogP contribution in [0, 0.1) is 0 Å². The van der Waals surface area contributed by atoms with Gasteiger partial charge in [0.25, 0.3) is 0 Å². The third-order valence-corrected chi connectivity index (χ3v) is 13.3. The van der Waals surface area contributed by atoms with Gasteiger partial charge >= 0.3 is 19.8 Å². The van der Waals surface area contributed by atoms with Crippen molar-refractivity contribution in [3.63, 3.8) is 0 Å². The first-order valence-corrected chi connectivity index (χ1v) is 27.5. The molecule has 1 aliphatic carbocycles. The summed E-state index contributed by atoms with van der Waals surface area (Å²) >= 11 is 0. The predicted octanol–water partition coefficient (Wildman–Crippen LogP) is 11.0. The molecule has 0 amide bonds. The summed E-state index contributed by atoms with van der Waals surface area (Å²) in [6, 6.07) is 0. The Balaban J connectivity index is 2.38. The lowest BCUT2D eigenvalue weighted by Crippen LogP contribution is -2.64. The van der Waals surface area contributed by atoms with E-state index >= 15 is 0 Å². The fraction of sp³-hybridized carbons (Fsp3) is 0.920. The Labute approximate surface area is 388 Å². The van der Waals surface area contributed by atoms with Gasteiger partial charge in [-0.3, -0.25) is 18.6 Å². The number of carbonyl (C=O) groups is 2. The first-order chi connectivity index (χ1) is 30.9. The summed E-state index contributed by atoms with van der Waals surface area (Å²) in [4.78, 5) is 35.8. The van der Waals surface area contributed by atoms with E-state index in [4.69, 9.17) is 18.5 Å². The molecule has 1 fully saturated rings. The van der Waals surface area contributed by atoms with Crippen molar-refractivity contribution in [1.82, 2.24) is 0 Å². The van der Waals surface area contributed by atoms with E-state index in [0.29, 0.717) is 12.8 Å².